The number of hydrogen-bond acceptors (Lipinski definition) is 7. The molecule has 4 N–H and O–H groups in total. The third-order valence-corrected chi connectivity index (χ3v) is 5.61. The number of rotatable bonds is 8. The molecule has 0 aliphatic carbocycles. The van der Waals surface area contributed by atoms with Gasteiger partial charge in [-0.15, -0.1) is 0 Å². The highest BCUT2D eigenvalue weighted by Crippen LogP contribution is 2.51. The summed E-state index contributed by atoms with van der Waals surface area (Å²) in [6, 6.07) is 0.209. The average Bonchev–Trinajstić information content (AvgIpc) is 2.38. The molecule has 8 heteroatoms. The van der Waals surface area contributed by atoms with Gasteiger partial charge in [0.1, 0.15) is 6.23 Å². The van der Waals surface area contributed by atoms with E-state index in [0.717, 1.165) is 6.42 Å². The van der Waals surface area contributed by atoms with Crippen LogP contribution in [0.25, 0.3) is 0 Å². The molecule has 0 aromatic carbocycles. The summed E-state index contributed by atoms with van der Waals surface area (Å²) in [6.45, 7) is 6.91. The van der Waals surface area contributed by atoms with E-state index < -0.39 is 6.72 Å². The molecule has 1 fully saturated rings. The fraction of sp³-hybridized carbons (Fsp3) is 1.00. The normalized spacial score (nSPS) is 28.0. The van der Waals surface area contributed by atoms with Crippen molar-refractivity contribution >= 4 is 18.5 Å². The Kier molecular flexibility index (Phi) is 8.08. The Morgan fingerprint density at radius 3 is 2.30 bits per heavy atom. The van der Waals surface area contributed by atoms with E-state index in [4.69, 9.17) is 31.1 Å². The first kappa shape index (κ1) is 18.5. The molecule has 1 rings (SSSR count). The van der Waals surface area contributed by atoms with Crippen LogP contribution < -0.4 is 16.4 Å². The van der Waals surface area contributed by atoms with E-state index in [9.17, 15) is 0 Å². The summed E-state index contributed by atoms with van der Waals surface area (Å²) in [7, 11) is 0. The molecule has 1 heterocycles. The minimum absolute atomic E-state index is 0.147. The topological polar surface area (TPSA) is 77.8 Å². The van der Waals surface area contributed by atoms with Crippen molar-refractivity contribution in [3.8, 4) is 0 Å². The van der Waals surface area contributed by atoms with Crippen molar-refractivity contribution in [2.24, 2.45) is 11.7 Å². The summed E-state index contributed by atoms with van der Waals surface area (Å²) in [5.74, 6) is 0.424. The second kappa shape index (κ2) is 8.76. The van der Waals surface area contributed by atoms with Crippen LogP contribution in [0.4, 0.5) is 0 Å². The van der Waals surface area contributed by atoms with E-state index >= 15 is 0 Å². The van der Waals surface area contributed by atoms with Crippen molar-refractivity contribution < 1.29 is 13.6 Å². The van der Waals surface area contributed by atoms with Gasteiger partial charge in [0.15, 0.2) is 0 Å². The lowest BCUT2D eigenvalue weighted by Crippen LogP contribution is -2.62. The molecule has 0 aromatic rings. The van der Waals surface area contributed by atoms with Gasteiger partial charge in [-0.25, -0.2) is 0 Å². The van der Waals surface area contributed by atoms with Crippen LogP contribution in [0.3, 0.4) is 0 Å². The molecule has 6 nitrogen and oxygen atoms in total. The third kappa shape index (κ3) is 5.66. The van der Waals surface area contributed by atoms with Crippen LogP contribution in [-0.2, 0) is 25.4 Å². The first-order valence-corrected chi connectivity index (χ1v) is 9.79. The molecule has 1 aliphatic rings. The van der Waals surface area contributed by atoms with Crippen molar-refractivity contribution in [2.45, 2.75) is 52.6 Å². The summed E-state index contributed by atoms with van der Waals surface area (Å²) in [5, 5.41) is 6.86. The molecule has 0 saturated carbocycles. The van der Waals surface area contributed by atoms with Gasteiger partial charge in [-0.2, -0.15) is 0 Å². The lowest BCUT2D eigenvalue weighted by atomic mass is 10.0. The molecule has 1 saturated heterocycles. The molecular weight excluding hydrogens is 297 g/mol. The molecule has 1 aliphatic heterocycles. The van der Waals surface area contributed by atoms with Crippen LogP contribution in [0.1, 0.15) is 34.1 Å². The van der Waals surface area contributed by atoms with Gasteiger partial charge < -0.3 is 14.8 Å². The van der Waals surface area contributed by atoms with Gasteiger partial charge in [0.05, 0.1) is 19.4 Å². The van der Waals surface area contributed by atoms with Crippen molar-refractivity contribution in [2.75, 3.05) is 19.8 Å². The lowest BCUT2D eigenvalue weighted by Gasteiger charge is -2.40. The minimum atomic E-state index is -2.68. The molecule has 120 valence electrons. The Labute approximate surface area is 127 Å². The Hall–Kier alpha value is 0.410. The van der Waals surface area contributed by atoms with Crippen LogP contribution in [0.2, 0.25) is 0 Å². The Bertz CT molecular complexity index is 323. The molecule has 3 atom stereocenters. The van der Waals surface area contributed by atoms with Gasteiger partial charge in [-0.3, -0.25) is 15.2 Å². The summed E-state index contributed by atoms with van der Waals surface area (Å²) in [6.07, 6.45) is 0.702. The van der Waals surface area contributed by atoms with E-state index in [2.05, 4.69) is 24.5 Å². The van der Waals surface area contributed by atoms with Gasteiger partial charge in [0, 0.05) is 19.0 Å². The van der Waals surface area contributed by atoms with E-state index in [1.165, 1.54) is 0 Å². The van der Waals surface area contributed by atoms with Gasteiger partial charge in [0.2, 0.25) is 0 Å². The molecule has 20 heavy (non-hydrogen) atoms. The highest BCUT2D eigenvalue weighted by molar-refractivity contribution is 8.07. The van der Waals surface area contributed by atoms with Gasteiger partial charge in [-0.05, 0) is 31.6 Å². The summed E-state index contributed by atoms with van der Waals surface area (Å²) >= 11 is 5.41. The zero-order chi connectivity index (χ0) is 15.2. The molecule has 0 radical (unpaired) electrons. The first-order valence-electron chi connectivity index (χ1n) is 7.23. The maximum Gasteiger partial charge on any atom is 0.328 e. The lowest BCUT2D eigenvalue weighted by molar-refractivity contribution is 0.0418. The van der Waals surface area contributed by atoms with Crippen molar-refractivity contribution in [3.63, 3.8) is 0 Å². The van der Waals surface area contributed by atoms with E-state index in [0.29, 0.717) is 25.7 Å². The predicted octanol–water partition coefficient (Wildman–Crippen LogP) is 1.52. The van der Waals surface area contributed by atoms with Crippen LogP contribution >= 0.6 is 6.72 Å². The maximum absolute atomic E-state index is 5.95. The number of hydrogen-bond donors (Lipinski definition) is 3. The average molecular weight is 325 g/mol. The quantitative estimate of drug-likeness (QED) is 0.584. The summed E-state index contributed by atoms with van der Waals surface area (Å²) < 4.78 is 17.0. The van der Waals surface area contributed by atoms with Crippen molar-refractivity contribution in [3.05, 3.63) is 0 Å². The summed E-state index contributed by atoms with van der Waals surface area (Å²) in [5.41, 5.74) is 5.78. The van der Waals surface area contributed by atoms with E-state index in [-0.39, 0.29) is 18.4 Å². The zero-order valence-corrected chi connectivity index (χ0v) is 14.5. The molecule has 0 bridgehead atoms. The van der Waals surface area contributed by atoms with Gasteiger partial charge in [0.25, 0.3) is 0 Å². The molecule has 0 spiro atoms. The number of nitrogens with two attached hydrogens (primary N) is 1. The Balaban J connectivity index is 2.70. The zero-order valence-electron chi connectivity index (χ0n) is 12.8. The Morgan fingerprint density at radius 2 is 1.85 bits per heavy atom. The van der Waals surface area contributed by atoms with E-state index in [1.54, 1.807) is 0 Å². The maximum atomic E-state index is 5.95. The fourth-order valence-corrected chi connectivity index (χ4v) is 4.32. The summed E-state index contributed by atoms with van der Waals surface area (Å²) in [4.78, 5) is 0. The largest absolute Gasteiger partial charge is 0.329 e. The fourth-order valence-electron chi connectivity index (χ4n) is 2.09. The molecule has 0 amide bonds. The number of nitrogens with one attached hydrogen (secondary N) is 2. The second-order valence-electron chi connectivity index (χ2n) is 5.10. The van der Waals surface area contributed by atoms with Crippen LogP contribution in [-0.4, -0.2) is 38.2 Å². The highest BCUT2D eigenvalue weighted by Gasteiger charge is 2.33. The van der Waals surface area contributed by atoms with E-state index in [1.807, 2.05) is 13.8 Å². The van der Waals surface area contributed by atoms with Crippen LogP contribution in [0, 0.1) is 5.92 Å². The molecular formula is C12H28N3O3PS. The standard InChI is InChI=1S/C12H28N3O3PS/c1-5-16-19(20,17-6-2)18-11-7-10(8-13)14-12(15-11)9(3)4/h9-12,14-15H,5-8,13H2,1-4H3. The highest BCUT2D eigenvalue weighted by atomic mass is 32.5. The van der Waals surface area contributed by atoms with Crippen LogP contribution in [0.15, 0.2) is 0 Å². The smallest absolute Gasteiger partial charge is 0.328 e. The second-order valence-corrected chi connectivity index (χ2v) is 8.06. The SMILES string of the molecule is CCOP(=S)(OCC)OC1CC(CN)NC(C(C)C)N1. The van der Waals surface area contributed by atoms with Crippen LogP contribution in [0.5, 0.6) is 0 Å². The minimum Gasteiger partial charge on any atom is -0.329 e. The van der Waals surface area contributed by atoms with Crippen molar-refractivity contribution in [1.82, 2.24) is 10.6 Å². The predicted molar refractivity (Wildman–Crippen MR) is 84.8 cm³/mol. The third-order valence-electron chi connectivity index (χ3n) is 3.06. The van der Waals surface area contributed by atoms with Gasteiger partial charge in [-0.1, -0.05) is 13.8 Å². The molecule has 3 unspecified atom stereocenters. The van der Waals surface area contributed by atoms with Gasteiger partial charge >= 0.3 is 6.72 Å². The van der Waals surface area contributed by atoms with Crippen molar-refractivity contribution in [1.29, 1.82) is 0 Å². The Morgan fingerprint density at radius 1 is 1.25 bits per heavy atom. The molecule has 0 aromatic heterocycles. The first-order chi connectivity index (χ1) is 9.44. The monoisotopic (exact) mass is 325 g/mol.